The molecule has 0 unspecified atom stereocenters. The molecule has 14 rings (SSSR count). The highest BCUT2D eigenvalue weighted by molar-refractivity contribution is 6.19. The molecule has 339 valence electrons. The summed E-state index contributed by atoms with van der Waals surface area (Å²) < 4.78 is 17.7. The van der Waals surface area contributed by atoms with Crippen LogP contribution in [0.25, 0.3) is 112 Å². The lowest BCUT2D eigenvalue weighted by Gasteiger charge is -2.21. The second-order valence-electron chi connectivity index (χ2n) is 19.3. The van der Waals surface area contributed by atoms with Gasteiger partial charge in [-0.2, -0.15) is 9.97 Å². The number of rotatable bonds is 6. The summed E-state index contributed by atoms with van der Waals surface area (Å²) in [5.74, 6) is 1.69. The molecule has 12 aromatic rings. The van der Waals surface area contributed by atoms with E-state index in [0.717, 1.165) is 60.8 Å². The first-order chi connectivity index (χ1) is 34.7. The summed E-state index contributed by atoms with van der Waals surface area (Å²) in [6.07, 6.45) is 0. The van der Waals surface area contributed by atoms with Gasteiger partial charge in [0.25, 0.3) is 0 Å². The minimum Gasteiger partial charge on any atom is -0.535 e. The number of hydrogen-bond acceptors (Lipinski definition) is 8. The second-order valence-corrected chi connectivity index (χ2v) is 19.3. The van der Waals surface area contributed by atoms with E-state index in [4.69, 9.17) is 33.4 Å². The Kier molecular flexibility index (Phi) is 9.70. The van der Waals surface area contributed by atoms with Crippen LogP contribution in [-0.2, 0) is 10.8 Å². The fourth-order valence-electron chi connectivity index (χ4n) is 11.0. The first kappa shape index (κ1) is 42.4. The van der Waals surface area contributed by atoms with Gasteiger partial charge in [0.2, 0.25) is 11.4 Å². The van der Waals surface area contributed by atoms with Crippen molar-refractivity contribution in [3.63, 3.8) is 0 Å². The molecule has 0 fully saturated rings. The van der Waals surface area contributed by atoms with Crippen LogP contribution in [0.15, 0.2) is 197 Å². The number of aromatic nitrogens is 4. The van der Waals surface area contributed by atoms with Crippen molar-refractivity contribution in [3.05, 3.63) is 210 Å². The number of furan rings is 2. The molecule has 2 aliphatic carbocycles. The molecule has 8 aromatic carbocycles. The van der Waals surface area contributed by atoms with Gasteiger partial charge >= 0.3 is 7.69 Å². The van der Waals surface area contributed by atoms with E-state index in [2.05, 4.69) is 131 Å². The van der Waals surface area contributed by atoms with Gasteiger partial charge in [0.15, 0.2) is 17.2 Å². The van der Waals surface area contributed by atoms with Crippen LogP contribution in [0.5, 0.6) is 5.75 Å². The molecule has 4 aromatic heterocycles. The highest BCUT2D eigenvalue weighted by atomic mass is 16.5. The zero-order valence-corrected chi connectivity index (χ0v) is 39.4. The Balaban J connectivity index is 0.000000139. The fourth-order valence-corrected chi connectivity index (χ4v) is 11.0. The zero-order chi connectivity index (χ0) is 48.0. The van der Waals surface area contributed by atoms with Crippen molar-refractivity contribution in [2.75, 3.05) is 0 Å². The minimum absolute atomic E-state index is 0.0757. The van der Waals surface area contributed by atoms with Gasteiger partial charge in [-0.15, -0.1) is 0 Å². The van der Waals surface area contributed by atoms with Gasteiger partial charge in [-0.05, 0) is 68.8 Å². The molecule has 1 radical (unpaired) electrons. The molecule has 71 heavy (non-hydrogen) atoms. The third-order valence-electron chi connectivity index (χ3n) is 14.5. The number of nitrogens with zero attached hydrogens (tertiary/aromatic N) is 4. The van der Waals surface area contributed by atoms with Crippen LogP contribution in [0.2, 0.25) is 0 Å². The summed E-state index contributed by atoms with van der Waals surface area (Å²) in [7, 11) is 0.654. The third kappa shape index (κ3) is 6.72. The minimum atomic E-state index is -0.124. The molecule has 0 amide bonds. The number of benzene rings is 8. The third-order valence-corrected chi connectivity index (χ3v) is 14.5. The topological polar surface area (TPSA) is 107 Å². The van der Waals surface area contributed by atoms with E-state index in [1.54, 1.807) is 6.07 Å². The van der Waals surface area contributed by atoms with E-state index in [-0.39, 0.29) is 10.8 Å². The molecule has 0 saturated carbocycles. The van der Waals surface area contributed by atoms with Gasteiger partial charge in [-0.3, -0.25) is 0 Å². The Morgan fingerprint density at radius 2 is 0.887 bits per heavy atom. The molecular weight excluding hydrogens is 876 g/mol. The molecule has 0 spiro atoms. The summed E-state index contributed by atoms with van der Waals surface area (Å²) in [6, 6.07) is 64.3. The standard InChI is InChI=1S/C31H22BN2O3.C31H22N2O/c1-31(2)23-13-7-6-11-20(23)21-16-15-19(17-24(21)31)29-33-27(18-9-4-3-5-10-18)26-22-12-8-14-25(37-32-35)28(22)36-30(26)34-29;1-31(2)24-14-8-6-12-21(24)22-17-16-20(18-25(22)31)29-32-28(19-10-4-3-5-11-19)27-23-13-7-9-15-26(23)34-30(27)33-29/h3-17,35H,1-2H3;3-18H,1-2H3. The lowest BCUT2D eigenvalue weighted by molar-refractivity contribution is 0.451. The van der Waals surface area contributed by atoms with Crippen molar-refractivity contribution in [3.8, 4) is 73.3 Å². The molecule has 0 saturated heterocycles. The molecule has 9 heteroatoms. The largest absolute Gasteiger partial charge is 0.569 e. The predicted molar refractivity (Wildman–Crippen MR) is 284 cm³/mol. The van der Waals surface area contributed by atoms with Gasteiger partial charge in [0.1, 0.15) is 11.3 Å². The van der Waals surface area contributed by atoms with Crippen LogP contribution in [0, 0.1) is 0 Å². The molecule has 0 atom stereocenters. The predicted octanol–water partition coefficient (Wildman–Crippen LogP) is 14.9. The van der Waals surface area contributed by atoms with Gasteiger partial charge in [0, 0.05) is 43.9 Å². The summed E-state index contributed by atoms with van der Waals surface area (Å²) >= 11 is 0. The van der Waals surface area contributed by atoms with Gasteiger partial charge in [-0.25, -0.2) is 9.97 Å². The maximum absolute atomic E-state index is 9.25. The van der Waals surface area contributed by atoms with Crippen LogP contribution in [0.3, 0.4) is 0 Å². The van der Waals surface area contributed by atoms with Gasteiger partial charge in [0.05, 0.1) is 22.2 Å². The van der Waals surface area contributed by atoms with Crippen LogP contribution in [0.4, 0.5) is 0 Å². The molecule has 0 aliphatic heterocycles. The number of fused-ring (bicyclic) bond motifs is 12. The normalized spacial score (nSPS) is 13.6. The smallest absolute Gasteiger partial charge is 0.535 e. The van der Waals surface area contributed by atoms with Crippen LogP contribution in [0.1, 0.15) is 49.9 Å². The highest BCUT2D eigenvalue weighted by Crippen LogP contribution is 2.51. The summed E-state index contributed by atoms with van der Waals surface area (Å²) in [5, 5.41) is 12.9. The van der Waals surface area contributed by atoms with Gasteiger partial charge in [-0.1, -0.05) is 191 Å². The summed E-state index contributed by atoms with van der Waals surface area (Å²) in [4.78, 5) is 20.0. The van der Waals surface area contributed by atoms with Crippen LogP contribution >= 0.6 is 0 Å². The van der Waals surface area contributed by atoms with E-state index < -0.39 is 0 Å². The molecule has 4 heterocycles. The fraction of sp³-hybridized carbons (Fsp3) is 0.0968. The van der Waals surface area contributed by atoms with Crippen molar-refractivity contribution in [1.82, 2.24) is 19.9 Å². The Hall–Kier alpha value is -8.66. The lowest BCUT2D eigenvalue weighted by Crippen LogP contribution is -2.15. The first-order valence-corrected chi connectivity index (χ1v) is 23.8. The van der Waals surface area contributed by atoms with Crippen molar-refractivity contribution in [2.45, 2.75) is 38.5 Å². The van der Waals surface area contributed by atoms with Crippen LogP contribution in [-0.4, -0.2) is 32.6 Å². The van der Waals surface area contributed by atoms with Crippen LogP contribution < -0.4 is 4.65 Å². The summed E-state index contributed by atoms with van der Waals surface area (Å²) in [5.41, 5.74) is 18.2. The van der Waals surface area contributed by atoms with Crippen molar-refractivity contribution in [2.24, 2.45) is 0 Å². The molecule has 1 N–H and O–H groups in total. The Morgan fingerprint density at radius 1 is 0.423 bits per heavy atom. The molecule has 2 aliphatic rings. The zero-order valence-electron chi connectivity index (χ0n) is 39.4. The average molecular weight is 920 g/mol. The first-order valence-electron chi connectivity index (χ1n) is 23.8. The van der Waals surface area contributed by atoms with Crippen molar-refractivity contribution >= 4 is 51.8 Å². The molecular formula is C62H44BN4O4. The van der Waals surface area contributed by atoms with E-state index >= 15 is 0 Å². The number of hydrogen-bond donors (Lipinski definition) is 1. The van der Waals surface area contributed by atoms with Crippen molar-refractivity contribution < 1.29 is 18.5 Å². The Labute approximate surface area is 410 Å². The van der Waals surface area contributed by atoms with Crippen molar-refractivity contribution in [1.29, 1.82) is 0 Å². The SMILES string of the molecule is CC1(C)c2ccccc2-c2ccc(-c3nc(-c4ccccc4)c4c(n3)oc3c(O[B]O)cccc34)cc21.CC1(C)c2ccccc2-c2ccc(-c3nc(-c4ccccc4)c4c(n3)oc3ccccc34)cc21. The average Bonchev–Trinajstić information content (AvgIpc) is 4.12. The summed E-state index contributed by atoms with van der Waals surface area (Å²) in [6.45, 7) is 9.11. The monoisotopic (exact) mass is 919 g/mol. The molecule has 0 bridgehead atoms. The molecule has 8 nitrogen and oxygen atoms in total. The number of para-hydroxylation sites is 2. The lowest BCUT2D eigenvalue weighted by atomic mass is 9.82. The maximum Gasteiger partial charge on any atom is 0.569 e. The van der Waals surface area contributed by atoms with E-state index in [9.17, 15) is 5.02 Å². The van der Waals surface area contributed by atoms with E-state index in [1.807, 2.05) is 78.9 Å². The van der Waals surface area contributed by atoms with E-state index in [0.29, 0.717) is 42.1 Å². The maximum atomic E-state index is 9.25. The second kappa shape index (κ2) is 16.2. The Morgan fingerprint density at radius 3 is 1.45 bits per heavy atom. The van der Waals surface area contributed by atoms with E-state index in [1.165, 1.54) is 44.5 Å². The van der Waals surface area contributed by atoms with Gasteiger partial charge < -0.3 is 18.5 Å². The Bertz CT molecular complexity index is 4090. The highest BCUT2D eigenvalue weighted by Gasteiger charge is 2.37. The quantitative estimate of drug-likeness (QED) is 0.164.